The van der Waals surface area contributed by atoms with E-state index in [0.29, 0.717) is 42.9 Å². The summed E-state index contributed by atoms with van der Waals surface area (Å²) in [4.78, 5) is 22.7. The topological polar surface area (TPSA) is 88.1 Å². The van der Waals surface area contributed by atoms with Gasteiger partial charge in [-0.25, -0.2) is 4.98 Å². The number of hydrogen-bond acceptors (Lipinski definition) is 5. The monoisotopic (exact) mass is 439 g/mol. The number of guanidine groups is 1. The number of likely N-dealkylation sites (tertiary alicyclic amines) is 1. The Morgan fingerprint density at radius 3 is 2.56 bits per heavy atom. The molecule has 32 heavy (non-hydrogen) atoms. The van der Waals surface area contributed by atoms with Crippen LogP contribution in [0.25, 0.3) is 0 Å². The molecule has 1 aromatic carbocycles. The van der Waals surface area contributed by atoms with Crippen LogP contribution >= 0.6 is 0 Å². The maximum atomic E-state index is 11.6. The number of nitrogens with zero attached hydrogens (tertiary/aromatic N) is 3. The molecule has 2 N–H and O–H groups in total. The highest BCUT2D eigenvalue weighted by atomic mass is 16.5. The first-order valence-corrected chi connectivity index (χ1v) is 11.1. The quantitative estimate of drug-likeness (QED) is 0.485. The Labute approximate surface area is 190 Å². The van der Waals surface area contributed by atoms with Crippen molar-refractivity contribution < 1.29 is 14.3 Å². The highest BCUT2D eigenvalue weighted by molar-refractivity contribution is 5.80. The van der Waals surface area contributed by atoms with Crippen LogP contribution in [0, 0.1) is 5.92 Å². The van der Waals surface area contributed by atoms with E-state index >= 15 is 0 Å². The second-order valence-corrected chi connectivity index (χ2v) is 7.69. The SMILES string of the molecule is CCOc1ccccc1Oc1ccc(CNC(=NC)N2CCC(CC(=O)NC)CC2)cn1. The van der Waals surface area contributed by atoms with Gasteiger partial charge >= 0.3 is 0 Å². The number of ether oxygens (including phenoxy) is 2. The van der Waals surface area contributed by atoms with Crippen LogP contribution in [0.1, 0.15) is 31.7 Å². The second-order valence-electron chi connectivity index (χ2n) is 7.69. The van der Waals surface area contributed by atoms with Crippen LogP contribution in [-0.4, -0.2) is 55.5 Å². The third-order valence-corrected chi connectivity index (χ3v) is 5.49. The van der Waals surface area contributed by atoms with Gasteiger partial charge in [0.2, 0.25) is 11.8 Å². The van der Waals surface area contributed by atoms with Crippen LogP contribution < -0.4 is 20.1 Å². The number of benzene rings is 1. The largest absolute Gasteiger partial charge is 0.490 e. The number of piperidine rings is 1. The summed E-state index contributed by atoms with van der Waals surface area (Å²) in [5, 5.41) is 6.12. The number of hydrogen-bond donors (Lipinski definition) is 2. The van der Waals surface area contributed by atoms with Crippen molar-refractivity contribution in [1.82, 2.24) is 20.5 Å². The number of carbonyl (C=O) groups excluding carboxylic acids is 1. The first-order valence-electron chi connectivity index (χ1n) is 11.1. The zero-order chi connectivity index (χ0) is 22.8. The smallest absolute Gasteiger partial charge is 0.220 e. The van der Waals surface area contributed by atoms with Crippen LogP contribution in [0.15, 0.2) is 47.6 Å². The molecule has 1 fully saturated rings. The molecule has 1 amide bonds. The number of para-hydroxylation sites is 2. The molecule has 2 heterocycles. The molecule has 1 aliphatic heterocycles. The van der Waals surface area contributed by atoms with Gasteiger partial charge in [0.25, 0.3) is 0 Å². The van der Waals surface area contributed by atoms with E-state index in [1.807, 2.05) is 43.3 Å². The molecule has 172 valence electrons. The van der Waals surface area contributed by atoms with Gasteiger partial charge in [-0.3, -0.25) is 9.79 Å². The maximum Gasteiger partial charge on any atom is 0.220 e. The molecule has 0 aliphatic carbocycles. The molecule has 0 saturated carbocycles. The molecule has 2 aromatic rings. The molecule has 1 aromatic heterocycles. The Bertz CT molecular complexity index is 893. The lowest BCUT2D eigenvalue weighted by Gasteiger charge is -2.34. The predicted octanol–water partition coefficient (Wildman–Crippen LogP) is 3.20. The molecule has 0 spiro atoms. The van der Waals surface area contributed by atoms with Crippen molar-refractivity contribution in [3.8, 4) is 17.4 Å². The van der Waals surface area contributed by atoms with Crippen LogP contribution in [0.3, 0.4) is 0 Å². The molecule has 0 atom stereocenters. The van der Waals surface area contributed by atoms with Crippen molar-refractivity contribution in [3.05, 3.63) is 48.2 Å². The van der Waals surface area contributed by atoms with E-state index in [-0.39, 0.29) is 5.91 Å². The molecule has 8 nitrogen and oxygen atoms in total. The van der Waals surface area contributed by atoms with E-state index < -0.39 is 0 Å². The van der Waals surface area contributed by atoms with Gasteiger partial charge < -0.3 is 25.0 Å². The molecule has 0 radical (unpaired) electrons. The van der Waals surface area contributed by atoms with E-state index in [0.717, 1.165) is 37.5 Å². The third-order valence-electron chi connectivity index (χ3n) is 5.49. The summed E-state index contributed by atoms with van der Waals surface area (Å²) in [6.07, 6.45) is 4.38. The Kier molecular flexibility index (Phi) is 8.71. The van der Waals surface area contributed by atoms with Gasteiger partial charge in [0.05, 0.1) is 6.61 Å². The highest BCUT2D eigenvalue weighted by Gasteiger charge is 2.23. The Balaban J connectivity index is 1.50. The van der Waals surface area contributed by atoms with Gasteiger partial charge in [-0.1, -0.05) is 18.2 Å². The van der Waals surface area contributed by atoms with Crippen molar-refractivity contribution in [1.29, 1.82) is 0 Å². The molecule has 1 saturated heterocycles. The lowest BCUT2D eigenvalue weighted by Crippen LogP contribution is -2.45. The van der Waals surface area contributed by atoms with Gasteiger partial charge in [-0.05, 0) is 43.4 Å². The van der Waals surface area contributed by atoms with E-state index in [9.17, 15) is 4.79 Å². The zero-order valence-electron chi connectivity index (χ0n) is 19.1. The standard InChI is InChI=1S/C24H33N5O3/c1-4-31-20-7-5-6-8-21(20)32-23-10-9-19(16-27-23)17-28-24(26-3)29-13-11-18(12-14-29)15-22(30)25-2/h5-10,16,18H,4,11-15,17H2,1-3H3,(H,25,30)(H,26,28). The van der Waals surface area contributed by atoms with Crippen molar-refractivity contribution in [2.75, 3.05) is 33.8 Å². The Morgan fingerprint density at radius 2 is 1.94 bits per heavy atom. The van der Waals surface area contributed by atoms with Crippen LogP contribution in [0.5, 0.6) is 17.4 Å². The minimum absolute atomic E-state index is 0.118. The summed E-state index contributed by atoms with van der Waals surface area (Å²) < 4.78 is 11.5. The fourth-order valence-electron chi connectivity index (χ4n) is 3.72. The van der Waals surface area contributed by atoms with Gasteiger partial charge in [-0.15, -0.1) is 0 Å². The van der Waals surface area contributed by atoms with Crippen LogP contribution in [0.4, 0.5) is 0 Å². The van der Waals surface area contributed by atoms with Crippen molar-refractivity contribution in [3.63, 3.8) is 0 Å². The highest BCUT2D eigenvalue weighted by Crippen LogP contribution is 2.30. The first-order chi connectivity index (χ1) is 15.6. The Morgan fingerprint density at radius 1 is 1.19 bits per heavy atom. The maximum absolute atomic E-state index is 11.6. The number of carbonyl (C=O) groups is 1. The summed E-state index contributed by atoms with van der Waals surface area (Å²) in [7, 11) is 3.49. The van der Waals surface area contributed by atoms with E-state index in [4.69, 9.17) is 9.47 Å². The number of aliphatic imine (C=N–C) groups is 1. The average molecular weight is 440 g/mol. The van der Waals surface area contributed by atoms with Crippen molar-refractivity contribution in [2.45, 2.75) is 32.7 Å². The molecular formula is C24H33N5O3. The number of nitrogens with one attached hydrogen (secondary N) is 2. The fraction of sp³-hybridized carbons (Fsp3) is 0.458. The molecule has 8 heteroatoms. The van der Waals surface area contributed by atoms with Gasteiger partial charge in [0.15, 0.2) is 17.5 Å². The van der Waals surface area contributed by atoms with Gasteiger partial charge in [-0.2, -0.15) is 0 Å². The van der Waals surface area contributed by atoms with Gasteiger partial charge in [0.1, 0.15) is 0 Å². The number of rotatable bonds is 8. The summed E-state index contributed by atoms with van der Waals surface area (Å²) in [5.74, 6) is 3.29. The first kappa shape index (κ1) is 23.4. The van der Waals surface area contributed by atoms with E-state index in [1.165, 1.54) is 0 Å². The normalized spacial score (nSPS) is 14.7. The second kappa shape index (κ2) is 11.9. The third kappa shape index (κ3) is 6.60. The number of aromatic nitrogens is 1. The van der Waals surface area contributed by atoms with E-state index in [2.05, 4.69) is 25.5 Å². The molecule has 0 bridgehead atoms. The van der Waals surface area contributed by atoms with Crippen LogP contribution in [0.2, 0.25) is 0 Å². The average Bonchev–Trinajstić information content (AvgIpc) is 2.83. The van der Waals surface area contributed by atoms with Crippen molar-refractivity contribution >= 4 is 11.9 Å². The van der Waals surface area contributed by atoms with Crippen molar-refractivity contribution in [2.24, 2.45) is 10.9 Å². The fourth-order valence-corrected chi connectivity index (χ4v) is 3.72. The molecule has 3 rings (SSSR count). The lowest BCUT2D eigenvalue weighted by molar-refractivity contribution is -0.121. The summed E-state index contributed by atoms with van der Waals surface area (Å²) >= 11 is 0. The Hall–Kier alpha value is -3.29. The zero-order valence-corrected chi connectivity index (χ0v) is 19.1. The lowest BCUT2D eigenvalue weighted by atomic mass is 9.93. The number of amides is 1. The van der Waals surface area contributed by atoms with E-state index in [1.54, 1.807) is 20.3 Å². The minimum Gasteiger partial charge on any atom is -0.490 e. The molecule has 1 aliphatic rings. The predicted molar refractivity (Wildman–Crippen MR) is 125 cm³/mol. The summed E-state index contributed by atoms with van der Waals surface area (Å²) in [5.41, 5.74) is 1.03. The summed E-state index contributed by atoms with van der Waals surface area (Å²) in [6, 6.07) is 11.4. The van der Waals surface area contributed by atoms with Crippen LogP contribution in [-0.2, 0) is 11.3 Å². The summed E-state index contributed by atoms with van der Waals surface area (Å²) in [6.45, 7) is 4.92. The molecular weight excluding hydrogens is 406 g/mol. The minimum atomic E-state index is 0.118. The molecule has 0 unspecified atom stereocenters. The van der Waals surface area contributed by atoms with Gasteiger partial charge in [0, 0.05) is 52.4 Å². The number of pyridine rings is 1.